The Balaban J connectivity index is 1.75. The number of aryl methyl sites for hydroxylation is 1. The average molecular weight is 371 g/mol. The standard InChI is InChI=1S/C23H21N3O2/c1-26-14-13-24-22(26)21(17-9-5-10-18(15-17)28-2)25-23(27)20-12-6-8-16-7-3-4-11-19(16)20/h3-15,21H,1-2H3,(H,25,27). The number of nitrogens with one attached hydrogen (secondary N) is 1. The maximum absolute atomic E-state index is 13.2. The van der Waals surface area contributed by atoms with E-state index in [1.807, 2.05) is 84.5 Å². The Hall–Kier alpha value is -3.60. The molecule has 3 aromatic carbocycles. The van der Waals surface area contributed by atoms with Crippen LogP contribution in [0.5, 0.6) is 5.75 Å². The molecule has 0 bridgehead atoms. The molecule has 5 heteroatoms. The summed E-state index contributed by atoms with van der Waals surface area (Å²) in [7, 11) is 3.54. The molecule has 0 spiro atoms. The highest BCUT2D eigenvalue weighted by molar-refractivity contribution is 6.07. The van der Waals surface area contributed by atoms with Crippen molar-refractivity contribution in [2.75, 3.05) is 7.11 Å². The van der Waals surface area contributed by atoms with Crippen molar-refractivity contribution in [3.05, 3.63) is 96.1 Å². The number of hydrogen-bond donors (Lipinski definition) is 1. The van der Waals surface area contributed by atoms with E-state index >= 15 is 0 Å². The van der Waals surface area contributed by atoms with Gasteiger partial charge in [-0.2, -0.15) is 0 Å². The molecule has 0 aliphatic rings. The number of fused-ring (bicyclic) bond motifs is 1. The fourth-order valence-electron chi connectivity index (χ4n) is 3.41. The third kappa shape index (κ3) is 3.34. The Morgan fingerprint density at radius 3 is 2.64 bits per heavy atom. The Morgan fingerprint density at radius 1 is 1.07 bits per heavy atom. The van der Waals surface area contributed by atoms with Gasteiger partial charge in [-0.05, 0) is 34.5 Å². The van der Waals surface area contributed by atoms with Crippen LogP contribution in [0.1, 0.15) is 27.8 Å². The van der Waals surface area contributed by atoms with Crippen LogP contribution in [-0.2, 0) is 7.05 Å². The molecular weight excluding hydrogens is 350 g/mol. The first-order valence-electron chi connectivity index (χ1n) is 9.07. The fourth-order valence-corrected chi connectivity index (χ4v) is 3.41. The molecule has 0 aliphatic carbocycles. The summed E-state index contributed by atoms with van der Waals surface area (Å²) in [5.74, 6) is 1.34. The van der Waals surface area contributed by atoms with Crippen LogP contribution in [0.3, 0.4) is 0 Å². The smallest absolute Gasteiger partial charge is 0.252 e. The molecule has 1 aromatic heterocycles. The molecule has 1 heterocycles. The van der Waals surface area contributed by atoms with Gasteiger partial charge in [-0.15, -0.1) is 0 Å². The molecule has 0 fully saturated rings. The second kappa shape index (κ2) is 7.56. The Labute approximate surface area is 163 Å². The zero-order chi connectivity index (χ0) is 19.5. The van der Waals surface area contributed by atoms with Crippen LogP contribution in [0.4, 0.5) is 0 Å². The second-order valence-electron chi connectivity index (χ2n) is 6.61. The largest absolute Gasteiger partial charge is 0.497 e. The van der Waals surface area contributed by atoms with Crippen LogP contribution in [0.25, 0.3) is 10.8 Å². The first-order valence-corrected chi connectivity index (χ1v) is 9.07. The van der Waals surface area contributed by atoms with E-state index in [0.717, 1.165) is 27.9 Å². The first-order chi connectivity index (χ1) is 13.7. The van der Waals surface area contributed by atoms with Gasteiger partial charge in [0.1, 0.15) is 17.6 Å². The number of benzene rings is 3. The third-order valence-electron chi connectivity index (χ3n) is 4.85. The summed E-state index contributed by atoms with van der Waals surface area (Å²) in [6.45, 7) is 0. The van der Waals surface area contributed by atoms with Crippen molar-refractivity contribution in [2.45, 2.75) is 6.04 Å². The molecular formula is C23H21N3O2. The molecule has 4 aromatic rings. The number of rotatable bonds is 5. The lowest BCUT2D eigenvalue weighted by Gasteiger charge is -2.20. The van der Waals surface area contributed by atoms with Gasteiger partial charge in [0.25, 0.3) is 5.91 Å². The van der Waals surface area contributed by atoms with Gasteiger partial charge in [-0.25, -0.2) is 4.98 Å². The van der Waals surface area contributed by atoms with Crippen molar-refractivity contribution >= 4 is 16.7 Å². The minimum Gasteiger partial charge on any atom is -0.497 e. The molecule has 140 valence electrons. The van der Waals surface area contributed by atoms with Gasteiger partial charge in [0.05, 0.1) is 7.11 Å². The van der Waals surface area contributed by atoms with Gasteiger partial charge < -0.3 is 14.6 Å². The predicted molar refractivity (Wildman–Crippen MR) is 109 cm³/mol. The number of methoxy groups -OCH3 is 1. The molecule has 0 aliphatic heterocycles. The highest BCUT2D eigenvalue weighted by Gasteiger charge is 2.22. The number of aromatic nitrogens is 2. The van der Waals surface area contributed by atoms with Crippen molar-refractivity contribution in [2.24, 2.45) is 7.05 Å². The second-order valence-corrected chi connectivity index (χ2v) is 6.61. The number of amides is 1. The Morgan fingerprint density at radius 2 is 1.86 bits per heavy atom. The van der Waals surface area contributed by atoms with Crippen molar-refractivity contribution in [3.8, 4) is 5.75 Å². The van der Waals surface area contributed by atoms with Crippen molar-refractivity contribution in [1.82, 2.24) is 14.9 Å². The van der Waals surface area contributed by atoms with Crippen LogP contribution < -0.4 is 10.1 Å². The van der Waals surface area contributed by atoms with Gasteiger partial charge in [0.15, 0.2) is 0 Å². The zero-order valence-electron chi connectivity index (χ0n) is 15.8. The summed E-state index contributed by atoms with van der Waals surface area (Å²) in [5, 5.41) is 5.11. The first kappa shape index (κ1) is 17.8. The quantitative estimate of drug-likeness (QED) is 0.575. The molecule has 1 unspecified atom stereocenters. The lowest BCUT2D eigenvalue weighted by molar-refractivity contribution is 0.0942. The average Bonchev–Trinajstić information content (AvgIpc) is 3.17. The minimum absolute atomic E-state index is 0.146. The van der Waals surface area contributed by atoms with Gasteiger partial charge in [-0.3, -0.25) is 4.79 Å². The monoisotopic (exact) mass is 371 g/mol. The summed E-state index contributed by atoms with van der Waals surface area (Å²) in [4.78, 5) is 17.7. The lowest BCUT2D eigenvalue weighted by atomic mass is 10.0. The number of hydrogen-bond acceptors (Lipinski definition) is 3. The van der Waals surface area contributed by atoms with Crippen LogP contribution in [0.2, 0.25) is 0 Å². The number of carbonyl (C=O) groups excluding carboxylic acids is 1. The lowest BCUT2D eigenvalue weighted by Crippen LogP contribution is -2.31. The Kier molecular flexibility index (Phi) is 4.81. The van der Waals surface area contributed by atoms with Gasteiger partial charge in [0, 0.05) is 25.0 Å². The molecule has 28 heavy (non-hydrogen) atoms. The molecule has 0 radical (unpaired) electrons. The van der Waals surface area contributed by atoms with Gasteiger partial charge in [-0.1, -0.05) is 48.5 Å². The molecule has 0 saturated carbocycles. The van der Waals surface area contributed by atoms with Crippen LogP contribution in [0, 0.1) is 0 Å². The summed E-state index contributed by atoms with van der Waals surface area (Å²) >= 11 is 0. The van der Waals surface area contributed by atoms with Crippen molar-refractivity contribution < 1.29 is 9.53 Å². The summed E-state index contributed by atoms with van der Waals surface area (Å²) in [5.41, 5.74) is 1.54. The summed E-state index contributed by atoms with van der Waals surface area (Å²) in [6.07, 6.45) is 3.60. The number of ether oxygens (including phenoxy) is 1. The highest BCUT2D eigenvalue weighted by atomic mass is 16.5. The van der Waals surface area contributed by atoms with E-state index in [1.54, 1.807) is 13.3 Å². The van der Waals surface area contributed by atoms with E-state index in [0.29, 0.717) is 5.56 Å². The molecule has 5 nitrogen and oxygen atoms in total. The molecule has 1 amide bonds. The van der Waals surface area contributed by atoms with E-state index in [1.165, 1.54) is 0 Å². The van der Waals surface area contributed by atoms with Crippen LogP contribution in [-0.4, -0.2) is 22.6 Å². The van der Waals surface area contributed by atoms with Crippen molar-refractivity contribution in [3.63, 3.8) is 0 Å². The maximum atomic E-state index is 13.2. The maximum Gasteiger partial charge on any atom is 0.252 e. The van der Waals surface area contributed by atoms with Gasteiger partial charge >= 0.3 is 0 Å². The minimum atomic E-state index is -0.401. The number of carbonyl (C=O) groups is 1. The number of nitrogens with zero attached hydrogens (tertiary/aromatic N) is 2. The van der Waals surface area contributed by atoms with E-state index in [4.69, 9.17) is 4.74 Å². The van der Waals surface area contributed by atoms with E-state index in [-0.39, 0.29) is 5.91 Å². The normalized spacial score (nSPS) is 11.9. The molecule has 1 N–H and O–H groups in total. The molecule has 1 atom stereocenters. The molecule has 4 rings (SSSR count). The summed E-state index contributed by atoms with van der Waals surface area (Å²) < 4.78 is 7.27. The van der Waals surface area contributed by atoms with Crippen LogP contribution in [0.15, 0.2) is 79.1 Å². The fraction of sp³-hybridized carbons (Fsp3) is 0.130. The van der Waals surface area contributed by atoms with E-state index in [2.05, 4.69) is 10.3 Å². The van der Waals surface area contributed by atoms with Gasteiger partial charge in [0.2, 0.25) is 0 Å². The third-order valence-corrected chi connectivity index (χ3v) is 4.85. The zero-order valence-corrected chi connectivity index (χ0v) is 15.8. The van der Waals surface area contributed by atoms with Crippen molar-refractivity contribution in [1.29, 1.82) is 0 Å². The predicted octanol–water partition coefficient (Wildman–Crippen LogP) is 4.10. The summed E-state index contributed by atoms with van der Waals surface area (Å²) in [6, 6.07) is 20.9. The highest BCUT2D eigenvalue weighted by Crippen LogP contribution is 2.26. The SMILES string of the molecule is COc1cccc(C(NC(=O)c2cccc3ccccc23)c2nccn2C)c1. The van der Waals surface area contributed by atoms with E-state index < -0.39 is 6.04 Å². The van der Waals surface area contributed by atoms with E-state index in [9.17, 15) is 4.79 Å². The topological polar surface area (TPSA) is 56.1 Å². The molecule has 0 saturated heterocycles. The Bertz CT molecular complexity index is 1130. The van der Waals surface area contributed by atoms with Crippen LogP contribution >= 0.6 is 0 Å². The number of imidazole rings is 1.